The van der Waals surface area contributed by atoms with E-state index in [9.17, 15) is 14.4 Å². The first kappa shape index (κ1) is 16.4. The molecule has 0 saturated heterocycles. The van der Waals surface area contributed by atoms with Crippen molar-refractivity contribution in [3.63, 3.8) is 0 Å². The third-order valence-electron chi connectivity index (χ3n) is 3.66. The fourth-order valence-corrected chi connectivity index (χ4v) is 2.31. The molecule has 0 unspecified atom stereocenters. The molecule has 0 aliphatic carbocycles. The van der Waals surface area contributed by atoms with E-state index in [4.69, 9.17) is 0 Å². The van der Waals surface area contributed by atoms with Crippen molar-refractivity contribution < 1.29 is 4.79 Å². The molecule has 7 nitrogen and oxygen atoms in total. The number of rotatable bonds is 4. The van der Waals surface area contributed by atoms with Gasteiger partial charge in [0.25, 0.3) is 11.5 Å². The Balaban J connectivity index is 1.90. The SMILES string of the molecule is Cc1ccc(NC(=O)c2c[nH]c(=O)n(Cc3ccccn3)c2=O)cc1. The van der Waals surface area contributed by atoms with Crippen LogP contribution >= 0.6 is 0 Å². The van der Waals surface area contributed by atoms with Gasteiger partial charge >= 0.3 is 5.69 Å². The van der Waals surface area contributed by atoms with Crippen LogP contribution in [0, 0.1) is 6.92 Å². The fourth-order valence-electron chi connectivity index (χ4n) is 2.31. The lowest BCUT2D eigenvalue weighted by atomic mass is 10.2. The molecule has 126 valence electrons. The maximum Gasteiger partial charge on any atom is 0.328 e. The van der Waals surface area contributed by atoms with Crippen LogP contribution in [0.5, 0.6) is 0 Å². The van der Waals surface area contributed by atoms with Gasteiger partial charge in [-0.3, -0.25) is 19.1 Å². The van der Waals surface area contributed by atoms with Crippen LogP contribution in [0.25, 0.3) is 0 Å². The molecule has 0 bridgehead atoms. The number of hydrogen-bond acceptors (Lipinski definition) is 4. The van der Waals surface area contributed by atoms with Gasteiger partial charge in [0, 0.05) is 18.1 Å². The molecular formula is C18H16N4O3. The Morgan fingerprint density at radius 2 is 1.92 bits per heavy atom. The molecule has 3 aromatic rings. The number of carbonyl (C=O) groups excluding carboxylic acids is 1. The highest BCUT2D eigenvalue weighted by Gasteiger charge is 2.15. The number of pyridine rings is 1. The average Bonchev–Trinajstić information content (AvgIpc) is 2.61. The lowest BCUT2D eigenvalue weighted by Gasteiger charge is -2.08. The van der Waals surface area contributed by atoms with E-state index in [0.29, 0.717) is 11.4 Å². The van der Waals surface area contributed by atoms with Crippen molar-refractivity contribution in [1.82, 2.24) is 14.5 Å². The van der Waals surface area contributed by atoms with Crippen molar-refractivity contribution in [2.24, 2.45) is 0 Å². The van der Waals surface area contributed by atoms with Crippen LogP contribution in [0.15, 0.2) is 64.4 Å². The van der Waals surface area contributed by atoms with Crippen LogP contribution in [-0.2, 0) is 6.54 Å². The first-order chi connectivity index (χ1) is 12.0. The summed E-state index contributed by atoms with van der Waals surface area (Å²) in [5, 5.41) is 2.65. The molecule has 0 aliphatic rings. The third-order valence-corrected chi connectivity index (χ3v) is 3.66. The fraction of sp³-hybridized carbons (Fsp3) is 0.111. The van der Waals surface area contributed by atoms with Gasteiger partial charge in [0.2, 0.25) is 0 Å². The van der Waals surface area contributed by atoms with Crippen molar-refractivity contribution in [1.29, 1.82) is 0 Å². The zero-order valence-electron chi connectivity index (χ0n) is 13.5. The Hall–Kier alpha value is -3.48. The number of amides is 1. The maximum atomic E-state index is 12.5. The summed E-state index contributed by atoms with van der Waals surface area (Å²) >= 11 is 0. The quantitative estimate of drug-likeness (QED) is 0.755. The van der Waals surface area contributed by atoms with Gasteiger partial charge in [-0.15, -0.1) is 0 Å². The summed E-state index contributed by atoms with van der Waals surface area (Å²) in [5.74, 6) is -0.583. The van der Waals surface area contributed by atoms with Crippen molar-refractivity contribution in [3.8, 4) is 0 Å². The molecule has 2 N–H and O–H groups in total. The summed E-state index contributed by atoms with van der Waals surface area (Å²) in [6, 6.07) is 12.4. The molecule has 0 fully saturated rings. The predicted molar refractivity (Wildman–Crippen MR) is 93.8 cm³/mol. The summed E-state index contributed by atoms with van der Waals surface area (Å²) in [5.41, 5.74) is 0.765. The molecule has 7 heteroatoms. The topological polar surface area (TPSA) is 96.8 Å². The number of benzene rings is 1. The van der Waals surface area contributed by atoms with Crippen LogP contribution in [0.2, 0.25) is 0 Å². The average molecular weight is 336 g/mol. The van der Waals surface area contributed by atoms with Gasteiger partial charge in [-0.1, -0.05) is 23.8 Å². The van der Waals surface area contributed by atoms with E-state index in [1.165, 1.54) is 0 Å². The van der Waals surface area contributed by atoms with E-state index in [2.05, 4.69) is 15.3 Å². The van der Waals surface area contributed by atoms with E-state index in [0.717, 1.165) is 16.3 Å². The molecule has 0 spiro atoms. The number of H-pyrrole nitrogens is 1. The Morgan fingerprint density at radius 1 is 1.16 bits per heavy atom. The number of aromatic amines is 1. The molecule has 0 aliphatic heterocycles. The van der Waals surface area contributed by atoms with Gasteiger partial charge in [-0.25, -0.2) is 4.79 Å². The minimum atomic E-state index is -0.668. The molecule has 0 atom stereocenters. The van der Waals surface area contributed by atoms with Gasteiger partial charge in [0.05, 0.1) is 12.2 Å². The molecule has 2 aromatic heterocycles. The van der Waals surface area contributed by atoms with Gasteiger partial charge in [-0.05, 0) is 31.2 Å². The second-order valence-corrected chi connectivity index (χ2v) is 5.54. The van der Waals surface area contributed by atoms with Gasteiger partial charge in [-0.2, -0.15) is 0 Å². The van der Waals surface area contributed by atoms with Crippen molar-refractivity contribution >= 4 is 11.6 Å². The molecular weight excluding hydrogens is 320 g/mol. The highest BCUT2D eigenvalue weighted by Crippen LogP contribution is 2.09. The van der Waals surface area contributed by atoms with E-state index in [1.807, 2.05) is 19.1 Å². The van der Waals surface area contributed by atoms with Crippen molar-refractivity contribution in [2.75, 3.05) is 5.32 Å². The van der Waals surface area contributed by atoms with Crippen LogP contribution < -0.4 is 16.6 Å². The summed E-state index contributed by atoms with van der Waals surface area (Å²) in [7, 11) is 0. The second-order valence-electron chi connectivity index (χ2n) is 5.54. The van der Waals surface area contributed by atoms with Gasteiger partial charge in [0.1, 0.15) is 5.56 Å². The van der Waals surface area contributed by atoms with Crippen molar-refractivity contribution in [3.05, 3.63) is 92.5 Å². The largest absolute Gasteiger partial charge is 0.328 e. The van der Waals surface area contributed by atoms with E-state index in [-0.39, 0.29) is 12.1 Å². The standard InChI is InChI=1S/C18H16N4O3/c1-12-5-7-13(8-6-12)21-16(23)15-10-20-18(25)22(17(15)24)11-14-4-2-3-9-19-14/h2-10H,11H2,1H3,(H,20,25)(H,21,23). The van der Waals surface area contributed by atoms with Crippen molar-refractivity contribution in [2.45, 2.75) is 13.5 Å². The summed E-state index contributed by atoms with van der Waals surface area (Å²) < 4.78 is 0.951. The number of anilines is 1. The second kappa shape index (κ2) is 6.96. The normalized spacial score (nSPS) is 10.4. The Bertz CT molecular complexity index is 1000. The van der Waals surface area contributed by atoms with Crippen LogP contribution in [-0.4, -0.2) is 20.4 Å². The zero-order chi connectivity index (χ0) is 17.8. The number of hydrogen-bond donors (Lipinski definition) is 2. The highest BCUT2D eigenvalue weighted by molar-refractivity contribution is 6.03. The lowest BCUT2D eigenvalue weighted by molar-refractivity contribution is 0.102. The molecule has 3 rings (SSSR count). The van der Waals surface area contributed by atoms with Crippen LogP contribution in [0.1, 0.15) is 21.6 Å². The van der Waals surface area contributed by atoms with Crippen LogP contribution in [0.3, 0.4) is 0 Å². The maximum absolute atomic E-state index is 12.5. The van der Waals surface area contributed by atoms with E-state index in [1.54, 1.807) is 36.5 Å². The molecule has 1 aromatic carbocycles. The lowest BCUT2D eigenvalue weighted by Crippen LogP contribution is -2.39. The van der Waals surface area contributed by atoms with E-state index >= 15 is 0 Å². The molecule has 1 amide bonds. The molecule has 25 heavy (non-hydrogen) atoms. The monoisotopic (exact) mass is 336 g/mol. The number of nitrogens with one attached hydrogen (secondary N) is 2. The smallest absolute Gasteiger partial charge is 0.322 e. The first-order valence-electron chi connectivity index (χ1n) is 7.65. The van der Waals surface area contributed by atoms with E-state index < -0.39 is 17.2 Å². The molecule has 2 heterocycles. The third kappa shape index (κ3) is 3.72. The zero-order valence-corrected chi connectivity index (χ0v) is 13.5. The number of nitrogens with zero attached hydrogens (tertiary/aromatic N) is 2. The highest BCUT2D eigenvalue weighted by atomic mass is 16.2. The number of aromatic nitrogens is 3. The molecule has 0 saturated carbocycles. The van der Waals surface area contributed by atoms with Gasteiger partial charge in [0.15, 0.2) is 0 Å². The summed E-state index contributed by atoms with van der Waals surface area (Å²) in [4.78, 5) is 43.4. The minimum absolute atomic E-state index is 0.0132. The minimum Gasteiger partial charge on any atom is -0.322 e. The Labute approximate surface area is 143 Å². The number of carbonyl (C=O) groups is 1. The summed E-state index contributed by atoms with van der Waals surface area (Å²) in [6.45, 7) is 1.92. The summed E-state index contributed by atoms with van der Waals surface area (Å²) in [6.07, 6.45) is 2.70. The predicted octanol–water partition coefficient (Wildman–Crippen LogP) is 1.54. The van der Waals surface area contributed by atoms with Crippen LogP contribution in [0.4, 0.5) is 5.69 Å². The Kier molecular flexibility index (Phi) is 4.56. The number of aryl methyl sites for hydroxylation is 1. The van der Waals surface area contributed by atoms with Gasteiger partial charge < -0.3 is 10.3 Å². The molecule has 0 radical (unpaired) electrons. The first-order valence-corrected chi connectivity index (χ1v) is 7.65. The Morgan fingerprint density at radius 3 is 2.60 bits per heavy atom.